The summed E-state index contributed by atoms with van der Waals surface area (Å²) in [6, 6.07) is 15.6. The Morgan fingerprint density at radius 1 is 1.20 bits per heavy atom. The number of phenols is 1. The van der Waals surface area contributed by atoms with Gasteiger partial charge in [0.15, 0.2) is 0 Å². The normalized spacial score (nSPS) is 14.0. The van der Waals surface area contributed by atoms with Gasteiger partial charge < -0.3 is 14.6 Å². The SMILES string of the molecule is Cc1cccc2cc(C(=O)N(Cc3cccc(O)c3)C3CC3)n(C)c12. The van der Waals surface area contributed by atoms with Crippen molar-refractivity contribution < 1.29 is 9.90 Å². The van der Waals surface area contributed by atoms with E-state index in [2.05, 4.69) is 19.1 Å². The van der Waals surface area contributed by atoms with Gasteiger partial charge in [0.05, 0.1) is 5.52 Å². The first kappa shape index (κ1) is 15.8. The molecule has 4 heteroatoms. The van der Waals surface area contributed by atoms with E-state index in [1.165, 1.54) is 5.56 Å². The lowest BCUT2D eigenvalue weighted by Crippen LogP contribution is -2.33. The highest BCUT2D eigenvalue weighted by Gasteiger charge is 2.34. The van der Waals surface area contributed by atoms with Crippen molar-refractivity contribution in [1.82, 2.24) is 9.47 Å². The molecule has 1 aromatic heterocycles. The fourth-order valence-electron chi connectivity index (χ4n) is 3.58. The van der Waals surface area contributed by atoms with Crippen molar-refractivity contribution in [3.63, 3.8) is 0 Å². The Hall–Kier alpha value is -2.75. The first-order chi connectivity index (χ1) is 12.0. The van der Waals surface area contributed by atoms with Gasteiger partial charge in [0.1, 0.15) is 11.4 Å². The summed E-state index contributed by atoms with van der Waals surface area (Å²) in [6.45, 7) is 2.60. The smallest absolute Gasteiger partial charge is 0.271 e. The number of phenolic OH excluding ortho intramolecular Hbond substituents is 1. The number of hydrogen-bond donors (Lipinski definition) is 1. The van der Waals surface area contributed by atoms with Crippen molar-refractivity contribution in [2.75, 3.05) is 0 Å². The van der Waals surface area contributed by atoms with Crippen LogP contribution >= 0.6 is 0 Å². The molecule has 3 aromatic rings. The minimum atomic E-state index is 0.0592. The Labute approximate surface area is 147 Å². The van der Waals surface area contributed by atoms with Crippen LogP contribution in [0.4, 0.5) is 0 Å². The lowest BCUT2D eigenvalue weighted by Gasteiger charge is -2.23. The molecule has 1 heterocycles. The Bertz CT molecular complexity index is 954. The third-order valence-electron chi connectivity index (χ3n) is 4.99. The number of amides is 1. The van der Waals surface area contributed by atoms with Crippen LogP contribution in [-0.2, 0) is 13.6 Å². The average molecular weight is 334 g/mol. The van der Waals surface area contributed by atoms with Gasteiger partial charge in [-0.25, -0.2) is 0 Å². The number of nitrogens with zero attached hydrogens (tertiary/aromatic N) is 2. The fourth-order valence-corrected chi connectivity index (χ4v) is 3.58. The van der Waals surface area contributed by atoms with Gasteiger partial charge in [-0.05, 0) is 49.1 Å². The number of hydrogen-bond acceptors (Lipinski definition) is 2. The molecule has 0 unspecified atom stereocenters. The first-order valence-electron chi connectivity index (χ1n) is 8.68. The highest BCUT2D eigenvalue weighted by molar-refractivity contribution is 5.99. The molecule has 0 saturated heterocycles. The van der Waals surface area contributed by atoms with Crippen LogP contribution in [0.5, 0.6) is 5.75 Å². The third kappa shape index (κ3) is 2.88. The molecular formula is C21H22N2O2. The number of aromatic nitrogens is 1. The van der Waals surface area contributed by atoms with Crippen molar-refractivity contribution in [3.05, 3.63) is 65.4 Å². The molecule has 1 aliphatic carbocycles. The van der Waals surface area contributed by atoms with Crippen LogP contribution in [-0.4, -0.2) is 26.5 Å². The highest BCUT2D eigenvalue weighted by Crippen LogP contribution is 2.31. The minimum absolute atomic E-state index is 0.0592. The van der Waals surface area contributed by atoms with E-state index in [0.29, 0.717) is 12.6 Å². The number of benzene rings is 2. The monoisotopic (exact) mass is 334 g/mol. The van der Waals surface area contributed by atoms with E-state index >= 15 is 0 Å². The van der Waals surface area contributed by atoms with Crippen molar-refractivity contribution in [2.45, 2.75) is 32.4 Å². The molecule has 0 bridgehead atoms. The second kappa shape index (κ2) is 5.96. The second-order valence-electron chi connectivity index (χ2n) is 6.94. The zero-order valence-electron chi connectivity index (χ0n) is 14.6. The molecule has 1 saturated carbocycles. The van der Waals surface area contributed by atoms with Crippen molar-refractivity contribution in [1.29, 1.82) is 0 Å². The van der Waals surface area contributed by atoms with E-state index in [9.17, 15) is 9.90 Å². The summed E-state index contributed by atoms with van der Waals surface area (Å²) in [7, 11) is 1.96. The lowest BCUT2D eigenvalue weighted by atomic mass is 10.1. The lowest BCUT2D eigenvalue weighted by molar-refractivity contribution is 0.0720. The number of carbonyl (C=O) groups excluding carboxylic acids is 1. The van der Waals surface area contributed by atoms with E-state index < -0.39 is 0 Å². The number of carbonyl (C=O) groups is 1. The van der Waals surface area contributed by atoms with Crippen LogP contribution in [0, 0.1) is 6.92 Å². The fraction of sp³-hybridized carbons (Fsp3) is 0.286. The maximum absolute atomic E-state index is 13.3. The van der Waals surface area contributed by atoms with Crippen molar-refractivity contribution in [3.8, 4) is 5.75 Å². The van der Waals surface area contributed by atoms with Gasteiger partial charge in [-0.15, -0.1) is 0 Å². The van der Waals surface area contributed by atoms with Crippen LogP contribution in [0.25, 0.3) is 10.9 Å². The number of aromatic hydroxyl groups is 1. The molecule has 4 rings (SSSR count). The molecule has 0 aliphatic heterocycles. The van der Waals surface area contributed by atoms with Crippen LogP contribution < -0.4 is 0 Å². The van der Waals surface area contributed by atoms with Gasteiger partial charge in [-0.1, -0.05) is 30.3 Å². The van der Waals surface area contributed by atoms with E-state index in [1.807, 2.05) is 40.8 Å². The largest absolute Gasteiger partial charge is 0.508 e. The van der Waals surface area contributed by atoms with Gasteiger partial charge in [0.2, 0.25) is 0 Å². The highest BCUT2D eigenvalue weighted by atomic mass is 16.3. The van der Waals surface area contributed by atoms with Crippen molar-refractivity contribution in [2.24, 2.45) is 7.05 Å². The number of para-hydroxylation sites is 1. The van der Waals surface area contributed by atoms with Crippen molar-refractivity contribution >= 4 is 16.8 Å². The zero-order valence-corrected chi connectivity index (χ0v) is 14.6. The molecule has 1 N–H and O–H groups in total. The van der Waals surface area contributed by atoms with Crippen LogP contribution in [0.3, 0.4) is 0 Å². The molecule has 1 fully saturated rings. The van der Waals surface area contributed by atoms with Crippen LogP contribution in [0.15, 0.2) is 48.5 Å². The Morgan fingerprint density at radius 2 is 1.96 bits per heavy atom. The van der Waals surface area contributed by atoms with Gasteiger partial charge in [-0.2, -0.15) is 0 Å². The molecule has 0 atom stereocenters. The minimum Gasteiger partial charge on any atom is -0.508 e. The molecule has 128 valence electrons. The molecule has 1 aliphatic rings. The topological polar surface area (TPSA) is 45.5 Å². The summed E-state index contributed by atoms with van der Waals surface area (Å²) in [4.78, 5) is 15.2. The summed E-state index contributed by atoms with van der Waals surface area (Å²) in [5, 5.41) is 10.8. The van der Waals surface area contributed by atoms with Crippen LogP contribution in [0.1, 0.15) is 34.5 Å². The molecule has 0 radical (unpaired) electrons. The van der Waals surface area contributed by atoms with E-state index in [0.717, 1.165) is 35.0 Å². The standard InChI is InChI=1S/C21H22N2O2/c1-14-5-3-7-16-12-19(22(2)20(14)16)21(25)23(17-9-10-17)13-15-6-4-8-18(24)11-15/h3-8,11-12,17,24H,9-10,13H2,1-2H3. The molecule has 2 aromatic carbocycles. The quantitative estimate of drug-likeness (QED) is 0.784. The van der Waals surface area contributed by atoms with Gasteiger partial charge >= 0.3 is 0 Å². The Balaban J connectivity index is 1.70. The third-order valence-corrected chi connectivity index (χ3v) is 4.99. The van der Waals surface area contributed by atoms with E-state index in [1.54, 1.807) is 12.1 Å². The molecule has 1 amide bonds. The van der Waals surface area contributed by atoms with Crippen LogP contribution in [0.2, 0.25) is 0 Å². The molecule has 0 spiro atoms. The van der Waals surface area contributed by atoms with Gasteiger partial charge in [0, 0.05) is 25.0 Å². The number of rotatable bonds is 4. The first-order valence-corrected chi connectivity index (χ1v) is 8.68. The maximum atomic E-state index is 13.3. The summed E-state index contributed by atoms with van der Waals surface area (Å²) in [6.07, 6.45) is 2.10. The van der Waals surface area contributed by atoms with E-state index in [-0.39, 0.29) is 11.7 Å². The summed E-state index contributed by atoms with van der Waals surface area (Å²) < 4.78 is 2.00. The average Bonchev–Trinajstić information content (AvgIpc) is 3.36. The van der Waals surface area contributed by atoms with Gasteiger partial charge in [0.25, 0.3) is 5.91 Å². The molecular weight excluding hydrogens is 312 g/mol. The summed E-state index contributed by atoms with van der Waals surface area (Å²) in [5.41, 5.74) is 3.95. The Kier molecular flexibility index (Phi) is 3.75. The van der Waals surface area contributed by atoms with E-state index in [4.69, 9.17) is 0 Å². The number of aryl methyl sites for hydroxylation is 2. The Morgan fingerprint density at radius 3 is 2.64 bits per heavy atom. The summed E-state index contributed by atoms with van der Waals surface area (Å²) >= 11 is 0. The molecule has 4 nitrogen and oxygen atoms in total. The van der Waals surface area contributed by atoms with Gasteiger partial charge in [-0.3, -0.25) is 4.79 Å². The predicted molar refractivity (Wildman–Crippen MR) is 98.7 cm³/mol. The summed E-state index contributed by atoms with van der Waals surface area (Å²) in [5.74, 6) is 0.296. The maximum Gasteiger partial charge on any atom is 0.271 e. The second-order valence-corrected chi connectivity index (χ2v) is 6.94. The predicted octanol–water partition coefficient (Wildman–Crippen LogP) is 4.00. The zero-order chi connectivity index (χ0) is 17.6. The number of fused-ring (bicyclic) bond motifs is 1. The molecule has 25 heavy (non-hydrogen) atoms.